The Morgan fingerprint density at radius 3 is 2.55 bits per heavy atom. The minimum atomic E-state index is -0.286. The molecule has 2 aromatic rings. The lowest BCUT2D eigenvalue weighted by Gasteiger charge is -2.10. The Bertz CT molecular complexity index is 748. The van der Waals surface area contributed by atoms with E-state index in [1.165, 1.54) is 16.3 Å². The molecule has 0 bridgehead atoms. The number of amides is 1. The third-order valence-corrected chi connectivity index (χ3v) is 3.41. The molecule has 0 aliphatic rings. The van der Waals surface area contributed by atoms with Gasteiger partial charge in [0.15, 0.2) is 0 Å². The molecule has 1 amide bonds. The Morgan fingerprint density at radius 1 is 1.18 bits per heavy atom. The summed E-state index contributed by atoms with van der Waals surface area (Å²) in [6, 6.07) is 9.18. The van der Waals surface area contributed by atoms with Gasteiger partial charge in [0, 0.05) is 17.7 Å². The number of nitrogens with zero attached hydrogens (tertiary/aromatic N) is 2. The highest BCUT2D eigenvalue weighted by atomic mass is 16.2. The Morgan fingerprint density at radius 2 is 1.91 bits per heavy atom. The molecular weight excluding hydrogens is 278 g/mol. The molecule has 2 rings (SSSR count). The molecule has 0 spiro atoms. The quantitative estimate of drug-likeness (QED) is 0.940. The maximum Gasteiger partial charge on any atom is 0.267 e. The molecule has 5 nitrogen and oxygen atoms in total. The van der Waals surface area contributed by atoms with Gasteiger partial charge in [-0.1, -0.05) is 12.1 Å². The average molecular weight is 299 g/mol. The number of aryl methyl sites for hydroxylation is 2. The number of nitrogens with one attached hydrogen (secondary N) is 1. The highest BCUT2D eigenvalue weighted by Crippen LogP contribution is 2.19. The van der Waals surface area contributed by atoms with E-state index in [-0.39, 0.29) is 24.1 Å². The highest BCUT2D eigenvalue weighted by molar-refractivity contribution is 5.75. The second kappa shape index (κ2) is 6.56. The normalized spacial score (nSPS) is 10.8. The van der Waals surface area contributed by atoms with Gasteiger partial charge in [-0.2, -0.15) is 5.10 Å². The minimum Gasteiger partial charge on any atom is -0.352 e. The van der Waals surface area contributed by atoms with E-state index in [1.807, 2.05) is 45.9 Å². The summed E-state index contributed by atoms with van der Waals surface area (Å²) < 4.78 is 1.20. The van der Waals surface area contributed by atoms with E-state index >= 15 is 0 Å². The SMILES string of the molecule is Cc1ccc(-c2ccc(=O)n(CC(=O)NC(C)C)n2)cc1C. The zero-order valence-corrected chi connectivity index (χ0v) is 13.4. The summed E-state index contributed by atoms with van der Waals surface area (Å²) in [5.41, 5.74) is 3.69. The van der Waals surface area contributed by atoms with Crippen molar-refractivity contribution >= 4 is 5.91 Å². The largest absolute Gasteiger partial charge is 0.352 e. The Hall–Kier alpha value is -2.43. The first-order chi connectivity index (χ1) is 10.4. The van der Waals surface area contributed by atoms with Crippen LogP contribution in [-0.2, 0) is 11.3 Å². The van der Waals surface area contributed by atoms with E-state index in [0.29, 0.717) is 5.69 Å². The van der Waals surface area contributed by atoms with Gasteiger partial charge in [-0.15, -0.1) is 0 Å². The summed E-state index contributed by atoms with van der Waals surface area (Å²) in [5.74, 6) is -0.221. The molecule has 0 saturated heterocycles. The Kier molecular flexibility index (Phi) is 4.75. The Labute approximate surface area is 130 Å². The van der Waals surface area contributed by atoms with Crippen molar-refractivity contribution in [3.8, 4) is 11.3 Å². The molecule has 116 valence electrons. The molecule has 1 aromatic heterocycles. The van der Waals surface area contributed by atoms with E-state index in [4.69, 9.17) is 0 Å². The van der Waals surface area contributed by atoms with E-state index in [0.717, 1.165) is 11.1 Å². The fraction of sp³-hybridized carbons (Fsp3) is 0.353. The van der Waals surface area contributed by atoms with Crippen LogP contribution >= 0.6 is 0 Å². The van der Waals surface area contributed by atoms with Crippen LogP contribution in [0.2, 0.25) is 0 Å². The zero-order valence-electron chi connectivity index (χ0n) is 13.4. The molecule has 5 heteroatoms. The monoisotopic (exact) mass is 299 g/mol. The second-order valence-corrected chi connectivity index (χ2v) is 5.74. The van der Waals surface area contributed by atoms with Crippen molar-refractivity contribution in [3.63, 3.8) is 0 Å². The maximum absolute atomic E-state index is 11.9. The molecule has 1 N–H and O–H groups in total. The Balaban J connectivity index is 2.32. The lowest BCUT2D eigenvalue weighted by molar-refractivity contribution is -0.122. The predicted molar refractivity (Wildman–Crippen MR) is 86.7 cm³/mol. The maximum atomic E-state index is 11.9. The molecule has 1 heterocycles. The van der Waals surface area contributed by atoms with Crippen molar-refractivity contribution < 1.29 is 4.79 Å². The van der Waals surface area contributed by atoms with Crippen molar-refractivity contribution in [2.24, 2.45) is 0 Å². The molecule has 0 aliphatic heterocycles. The number of carbonyl (C=O) groups excluding carboxylic acids is 1. The molecule has 0 atom stereocenters. The van der Waals surface area contributed by atoms with Crippen LogP contribution in [0.1, 0.15) is 25.0 Å². The van der Waals surface area contributed by atoms with Crippen LogP contribution < -0.4 is 10.9 Å². The molecular formula is C17H21N3O2. The van der Waals surface area contributed by atoms with Crippen LogP contribution in [0.3, 0.4) is 0 Å². The van der Waals surface area contributed by atoms with Crippen molar-refractivity contribution in [2.75, 3.05) is 0 Å². The molecule has 0 unspecified atom stereocenters. The number of carbonyl (C=O) groups is 1. The number of hydrogen-bond acceptors (Lipinski definition) is 3. The smallest absolute Gasteiger partial charge is 0.267 e. The summed E-state index contributed by atoms with van der Waals surface area (Å²) in [6.45, 7) is 7.75. The van der Waals surface area contributed by atoms with E-state index in [9.17, 15) is 9.59 Å². The van der Waals surface area contributed by atoms with Gasteiger partial charge in [0.25, 0.3) is 5.56 Å². The number of aromatic nitrogens is 2. The summed E-state index contributed by atoms with van der Waals surface area (Å²) in [4.78, 5) is 23.7. The van der Waals surface area contributed by atoms with Gasteiger partial charge in [0.2, 0.25) is 5.91 Å². The fourth-order valence-corrected chi connectivity index (χ4v) is 2.12. The number of rotatable bonds is 4. The van der Waals surface area contributed by atoms with Crippen molar-refractivity contribution in [3.05, 3.63) is 51.8 Å². The third-order valence-electron chi connectivity index (χ3n) is 3.41. The van der Waals surface area contributed by atoms with E-state index in [2.05, 4.69) is 10.4 Å². The number of benzene rings is 1. The summed E-state index contributed by atoms with van der Waals surface area (Å²) in [7, 11) is 0. The van der Waals surface area contributed by atoms with Crippen LogP contribution in [0.5, 0.6) is 0 Å². The van der Waals surface area contributed by atoms with Gasteiger partial charge >= 0.3 is 0 Å². The standard InChI is InChI=1S/C17H21N3O2/c1-11(2)18-16(21)10-20-17(22)8-7-15(19-20)14-6-5-12(3)13(4)9-14/h5-9,11H,10H2,1-4H3,(H,18,21). The van der Waals surface area contributed by atoms with E-state index in [1.54, 1.807) is 6.07 Å². The summed E-state index contributed by atoms with van der Waals surface area (Å²) >= 11 is 0. The molecule has 0 aliphatic carbocycles. The minimum absolute atomic E-state index is 0.0335. The first-order valence-electron chi connectivity index (χ1n) is 7.32. The van der Waals surface area contributed by atoms with Gasteiger partial charge in [-0.3, -0.25) is 9.59 Å². The predicted octanol–water partition coefficient (Wildman–Crippen LogP) is 2.05. The molecule has 0 saturated carbocycles. The van der Waals surface area contributed by atoms with Crippen LogP contribution in [0.15, 0.2) is 35.1 Å². The van der Waals surface area contributed by atoms with Crippen LogP contribution in [0.25, 0.3) is 11.3 Å². The van der Waals surface area contributed by atoms with Gasteiger partial charge in [-0.05, 0) is 51.0 Å². The second-order valence-electron chi connectivity index (χ2n) is 5.74. The van der Waals surface area contributed by atoms with E-state index < -0.39 is 0 Å². The van der Waals surface area contributed by atoms with Crippen molar-refractivity contribution in [1.82, 2.24) is 15.1 Å². The fourth-order valence-electron chi connectivity index (χ4n) is 2.12. The van der Waals surface area contributed by atoms with Crippen LogP contribution in [0, 0.1) is 13.8 Å². The van der Waals surface area contributed by atoms with Crippen LogP contribution in [-0.4, -0.2) is 21.7 Å². The van der Waals surface area contributed by atoms with Crippen molar-refractivity contribution in [1.29, 1.82) is 0 Å². The molecule has 1 aromatic carbocycles. The first kappa shape index (κ1) is 15.9. The van der Waals surface area contributed by atoms with Crippen molar-refractivity contribution in [2.45, 2.75) is 40.3 Å². The summed E-state index contributed by atoms with van der Waals surface area (Å²) in [5, 5.41) is 7.06. The van der Waals surface area contributed by atoms with Crippen LogP contribution in [0.4, 0.5) is 0 Å². The van der Waals surface area contributed by atoms with Gasteiger partial charge in [0.1, 0.15) is 6.54 Å². The topological polar surface area (TPSA) is 64.0 Å². The highest BCUT2D eigenvalue weighted by Gasteiger charge is 2.09. The first-order valence-corrected chi connectivity index (χ1v) is 7.32. The number of hydrogen-bond donors (Lipinski definition) is 1. The van der Waals surface area contributed by atoms with Gasteiger partial charge < -0.3 is 5.32 Å². The molecule has 22 heavy (non-hydrogen) atoms. The lowest BCUT2D eigenvalue weighted by Crippen LogP contribution is -2.36. The lowest BCUT2D eigenvalue weighted by atomic mass is 10.0. The average Bonchev–Trinajstić information content (AvgIpc) is 2.43. The zero-order chi connectivity index (χ0) is 16.3. The third kappa shape index (κ3) is 3.81. The summed E-state index contributed by atoms with van der Waals surface area (Å²) in [6.07, 6.45) is 0. The van der Waals surface area contributed by atoms with Gasteiger partial charge in [0.05, 0.1) is 5.69 Å². The molecule has 0 fully saturated rings. The molecule has 0 radical (unpaired) electrons. The van der Waals surface area contributed by atoms with Gasteiger partial charge in [-0.25, -0.2) is 4.68 Å².